The third-order valence-corrected chi connectivity index (χ3v) is 8.87. The molecule has 9 unspecified atom stereocenters. The van der Waals surface area contributed by atoms with E-state index in [1.807, 2.05) is 14.1 Å². The molecular formula is C25H38FN3O4. The van der Waals surface area contributed by atoms with Gasteiger partial charge in [0.25, 0.3) is 0 Å². The highest BCUT2D eigenvalue weighted by atomic mass is 19.1. The third-order valence-electron chi connectivity index (χ3n) is 8.87. The zero-order valence-electron chi connectivity index (χ0n) is 19.8. The van der Waals surface area contributed by atoms with Crippen molar-refractivity contribution in [3.8, 4) is 0 Å². The number of Topliss-reactive ketones (excluding diaryl/α,β-unsaturated/α-hetero) is 1. The van der Waals surface area contributed by atoms with Crippen molar-refractivity contribution in [2.24, 2.45) is 17.8 Å². The molecule has 3 saturated carbocycles. The third kappa shape index (κ3) is 4.12. The first-order chi connectivity index (χ1) is 15.9. The predicted molar refractivity (Wildman–Crippen MR) is 121 cm³/mol. The first kappa shape index (κ1) is 23.2. The van der Waals surface area contributed by atoms with Crippen molar-refractivity contribution in [2.45, 2.75) is 87.9 Å². The number of carboxylic acid groups (broad SMARTS) is 1. The molecule has 9 atom stereocenters. The lowest BCUT2D eigenvalue weighted by Gasteiger charge is -2.62. The molecule has 33 heavy (non-hydrogen) atoms. The van der Waals surface area contributed by atoms with Crippen LogP contribution in [0.15, 0.2) is 11.8 Å². The number of alkyl halides is 1. The molecule has 3 aliphatic carbocycles. The van der Waals surface area contributed by atoms with Crippen LogP contribution in [0.2, 0.25) is 0 Å². The number of ether oxygens (including phenoxy) is 1. The number of carbonyl (C=O) groups excluding carboxylic acids is 1. The Balaban J connectivity index is 1.47. The van der Waals surface area contributed by atoms with E-state index in [4.69, 9.17) is 4.74 Å². The topological polar surface area (TPSA) is 82.1 Å². The average Bonchev–Trinajstić information content (AvgIpc) is 2.79. The van der Waals surface area contributed by atoms with Crippen LogP contribution in [0.5, 0.6) is 0 Å². The van der Waals surface area contributed by atoms with Gasteiger partial charge >= 0.3 is 5.97 Å². The monoisotopic (exact) mass is 463 g/mol. The first-order valence-corrected chi connectivity index (χ1v) is 12.8. The van der Waals surface area contributed by atoms with E-state index in [0.717, 1.165) is 32.2 Å². The molecule has 2 aliphatic heterocycles. The Morgan fingerprint density at radius 1 is 1.24 bits per heavy atom. The van der Waals surface area contributed by atoms with Crippen LogP contribution in [-0.4, -0.2) is 90.3 Å². The lowest BCUT2D eigenvalue weighted by molar-refractivity contribution is -0.215. The maximum Gasteiger partial charge on any atom is 0.340 e. The predicted octanol–water partition coefficient (Wildman–Crippen LogP) is 2.21. The summed E-state index contributed by atoms with van der Waals surface area (Å²) in [7, 11) is 4.04. The highest BCUT2D eigenvalue weighted by Gasteiger charge is 2.60. The quantitative estimate of drug-likeness (QED) is 0.462. The number of aliphatic carboxylic acids is 1. The van der Waals surface area contributed by atoms with Crippen LogP contribution in [0.3, 0.4) is 0 Å². The van der Waals surface area contributed by atoms with Crippen molar-refractivity contribution in [3.05, 3.63) is 11.8 Å². The Hall–Kier alpha value is -1.51. The van der Waals surface area contributed by atoms with Gasteiger partial charge in [-0.15, -0.1) is 0 Å². The molecule has 0 aromatic carbocycles. The molecule has 0 spiro atoms. The largest absolute Gasteiger partial charge is 0.478 e. The highest BCUT2D eigenvalue weighted by molar-refractivity contribution is 6.18. The van der Waals surface area contributed by atoms with Crippen molar-refractivity contribution < 1.29 is 23.8 Å². The molecule has 4 fully saturated rings. The van der Waals surface area contributed by atoms with Crippen LogP contribution < -0.4 is 5.32 Å². The molecule has 8 heteroatoms. The molecule has 184 valence electrons. The molecule has 0 bridgehead atoms. The second kappa shape index (κ2) is 9.27. The van der Waals surface area contributed by atoms with E-state index in [1.165, 1.54) is 19.3 Å². The fourth-order valence-electron chi connectivity index (χ4n) is 7.47. The number of rotatable bonds is 6. The zero-order chi connectivity index (χ0) is 23.3. The van der Waals surface area contributed by atoms with Gasteiger partial charge in [-0.25, -0.2) is 9.18 Å². The van der Waals surface area contributed by atoms with E-state index in [0.29, 0.717) is 18.4 Å². The lowest BCUT2D eigenvalue weighted by atomic mass is 9.63. The second-order valence-electron chi connectivity index (χ2n) is 11.1. The van der Waals surface area contributed by atoms with Crippen LogP contribution in [-0.2, 0) is 14.3 Å². The van der Waals surface area contributed by atoms with Gasteiger partial charge in [-0.3, -0.25) is 4.79 Å². The van der Waals surface area contributed by atoms with E-state index in [9.17, 15) is 14.7 Å². The van der Waals surface area contributed by atoms with Crippen LogP contribution in [0.1, 0.15) is 51.4 Å². The number of halogens is 1. The summed E-state index contributed by atoms with van der Waals surface area (Å²) in [6.07, 6.45) is 7.66. The molecule has 0 aromatic rings. The van der Waals surface area contributed by atoms with Gasteiger partial charge in [0.05, 0.1) is 30.3 Å². The van der Waals surface area contributed by atoms with E-state index >= 15 is 4.39 Å². The molecule has 5 aliphatic rings. The number of hydrogen-bond acceptors (Lipinski definition) is 6. The number of ketones is 1. The minimum absolute atomic E-state index is 0.0397. The van der Waals surface area contributed by atoms with Crippen LogP contribution in [0.25, 0.3) is 0 Å². The van der Waals surface area contributed by atoms with Crippen molar-refractivity contribution >= 4 is 11.8 Å². The van der Waals surface area contributed by atoms with Gasteiger partial charge in [-0.2, -0.15) is 0 Å². The van der Waals surface area contributed by atoms with Crippen molar-refractivity contribution in [1.29, 1.82) is 0 Å². The van der Waals surface area contributed by atoms with Gasteiger partial charge in [-0.05, 0) is 71.1 Å². The molecule has 0 radical (unpaired) electrons. The van der Waals surface area contributed by atoms with E-state index in [2.05, 4.69) is 15.1 Å². The molecule has 0 aromatic heterocycles. The molecule has 1 saturated heterocycles. The number of fused-ring (bicyclic) bond motifs is 4. The molecule has 0 amide bonds. The fourth-order valence-corrected chi connectivity index (χ4v) is 7.47. The van der Waals surface area contributed by atoms with Gasteiger partial charge in [0.2, 0.25) is 0 Å². The lowest BCUT2D eigenvalue weighted by Crippen LogP contribution is -2.74. The van der Waals surface area contributed by atoms with Gasteiger partial charge in [0.1, 0.15) is 11.7 Å². The summed E-state index contributed by atoms with van der Waals surface area (Å²) in [6.45, 7) is 1.60. The Morgan fingerprint density at radius 2 is 2.03 bits per heavy atom. The zero-order valence-corrected chi connectivity index (χ0v) is 19.8. The van der Waals surface area contributed by atoms with Gasteiger partial charge in [0, 0.05) is 12.1 Å². The minimum Gasteiger partial charge on any atom is -0.478 e. The van der Waals surface area contributed by atoms with E-state index in [-0.39, 0.29) is 30.2 Å². The smallest absolute Gasteiger partial charge is 0.340 e. The van der Waals surface area contributed by atoms with Crippen LogP contribution in [0.4, 0.5) is 4.39 Å². The Morgan fingerprint density at radius 3 is 2.79 bits per heavy atom. The fraction of sp³-hybridized carbons (Fsp3) is 0.840. The summed E-state index contributed by atoms with van der Waals surface area (Å²) < 4.78 is 22.2. The molecule has 5 rings (SSSR count). The number of nitrogens with one attached hydrogen (secondary N) is 1. The van der Waals surface area contributed by atoms with E-state index in [1.54, 1.807) is 6.20 Å². The van der Waals surface area contributed by atoms with Gasteiger partial charge < -0.3 is 25.0 Å². The highest BCUT2D eigenvalue weighted by Crippen LogP contribution is 2.51. The number of carbonyl (C=O) groups is 2. The van der Waals surface area contributed by atoms with Gasteiger partial charge in [0.15, 0.2) is 5.78 Å². The number of hydrogen-bond donors (Lipinski definition) is 2. The summed E-state index contributed by atoms with van der Waals surface area (Å²) in [5, 5.41) is 13.2. The Kier molecular flexibility index (Phi) is 6.53. The summed E-state index contributed by atoms with van der Waals surface area (Å²) in [6, 6.07) is -0.685. The number of nitrogens with zero attached hydrogens (tertiary/aromatic N) is 2. The normalized spacial score (nSPS) is 42.3. The van der Waals surface area contributed by atoms with Crippen molar-refractivity contribution in [2.75, 3.05) is 27.2 Å². The standard InChI is InChI=1S/C25H38FN3O4/c1-28(2)11-5-10-27-20-18(26)12-16-22-24(20)33-19-9-8-14-6-3-4-7-15(14)21(19)29(22)13-17(23(16)30)25(31)32/h13-16,18-22,24,27H,3-12H2,1-2H3,(H,31,32). The SMILES string of the molecule is CN(C)CCCNC1C(F)CC2C(=O)C(C(=O)O)=CN3C4C(CCC5CCCCC54)OC1C23. The average molecular weight is 464 g/mol. The van der Waals surface area contributed by atoms with Crippen molar-refractivity contribution in [3.63, 3.8) is 0 Å². The van der Waals surface area contributed by atoms with E-state index < -0.39 is 36.0 Å². The van der Waals surface area contributed by atoms with Crippen LogP contribution >= 0.6 is 0 Å². The summed E-state index contributed by atoms with van der Waals surface area (Å²) in [5.74, 6) is -1.21. The Bertz CT molecular complexity index is 805. The number of carboxylic acids is 1. The molecule has 2 N–H and O–H groups in total. The molecular weight excluding hydrogens is 425 g/mol. The van der Waals surface area contributed by atoms with Gasteiger partial charge in [-0.1, -0.05) is 19.3 Å². The second-order valence-corrected chi connectivity index (χ2v) is 11.1. The number of morpholine rings is 1. The first-order valence-electron chi connectivity index (χ1n) is 12.8. The Labute approximate surface area is 195 Å². The van der Waals surface area contributed by atoms with Crippen LogP contribution in [0, 0.1) is 17.8 Å². The summed E-state index contributed by atoms with van der Waals surface area (Å²) in [5.41, 5.74) is -0.182. The summed E-state index contributed by atoms with van der Waals surface area (Å²) in [4.78, 5) is 29.4. The molecule has 7 nitrogen and oxygen atoms in total. The molecule has 2 heterocycles. The maximum absolute atomic E-state index is 15.5. The maximum atomic E-state index is 15.5. The summed E-state index contributed by atoms with van der Waals surface area (Å²) >= 11 is 0. The minimum atomic E-state index is -1.24. The van der Waals surface area contributed by atoms with Crippen molar-refractivity contribution in [1.82, 2.24) is 15.1 Å².